The summed E-state index contributed by atoms with van der Waals surface area (Å²) in [6, 6.07) is 5.18. The van der Waals surface area contributed by atoms with Crippen LogP contribution < -0.4 is 5.32 Å². The van der Waals surface area contributed by atoms with E-state index in [9.17, 15) is 18.0 Å². The van der Waals surface area contributed by atoms with Crippen molar-refractivity contribution in [2.24, 2.45) is 0 Å². The second-order valence-electron chi connectivity index (χ2n) is 7.90. The highest BCUT2D eigenvalue weighted by Crippen LogP contribution is 2.34. The molecule has 31 heavy (non-hydrogen) atoms. The Labute approximate surface area is 181 Å². The molecule has 1 aliphatic heterocycles. The van der Waals surface area contributed by atoms with Gasteiger partial charge in [0.2, 0.25) is 5.91 Å². The summed E-state index contributed by atoms with van der Waals surface area (Å²) < 4.78 is 46.0. The minimum absolute atomic E-state index is 0.0472. The molecular formula is C20H21ClF3N5O2. The van der Waals surface area contributed by atoms with E-state index < -0.39 is 12.7 Å². The molecule has 7 nitrogen and oxygen atoms in total. The van der Waals surface area contributed by atoms with E-state index in [4.69, 9.17) is 16.3 Å². The number of benzene rings is 1. The number of hydrogen-bond donors (Lipinski definition) is 1. The van der Waals surface area contributed by atoms with Crippen LogP contribution in [0.4, 0.5) is 13.2 Å². The first-order valence-electron chi connectivity index (χ1n) is 9.66. The van der Waals surface area contributed by atoms with E-state index in [2.05, 4.69) is 15.3 Å². The highest BCUT2D eigenvalue weighted by molar-refractivity contribution is 6.34. The van der Waals surface area contributed by atoms with Crippen molar-refractivity contribution >= 4 is 39.4 Å². The Balaban J connectivity index is 1.81. The van der Waals surface area contributed by atoms with Gasteiger partial charge in [0.15, 0.2) is 5.15 Å². The lowest BCUT2D eigenvalue weighted by Crippen LogP contribution is -2.49. The SMILES string of the molecule is CN(C)Cc1ccc2c(c1)c1nc(CC(=O)NC3COC3)nc(Cl)c1n2CC(F)(F)F. The van der Waals surface area contributed by atoms with Gasteiger partial charge in [-0.15, -0.1) is 0 Å². The molecule has 1 aromatic carbocycles. The van der Waals surface area contributed by atoms with Gasteiger partial charge in [0, 0.05) is 11.9 Å². The molecule has 0 atom stereocenters. The minimum atomic E-state index is -4.45. The summed E-state index contributed by atoms with van der Waals surface area (Å²) in [5, 5.41) is 3.21. The molecule has 0 bridgehead atoms. The Bertz CT molecular complexity index is 1140. The van der Waals surface area contributed by atoms with Crippen molar-refractivity contribution in [3.05, 3.63) is 34.7 Å². The van der Waals surface area contributed by atoms with Crippen LogP contribution in [-0.2, 0) is 29.0 Å². The molecule has 0 spiro atoms. The van der Waals surface area contributed by atoms with Crippen LogP contribution in [-0.4, -0.2) is 64.9 Å². The number of carbonyl (C=O) groups excluding carboxylic acids is 1. The van der Waals surface area contributed by atoms with Gasteiger partial charge in [-0.1, -0.05) is 17.7 Å². The smallest absolute Gasteiger partial charge is 0.377 e. The molecule has 0 aliphatic carbocycles. The molecule has 1 fully saturated rings. The van der Waals surface area contributed by atoms with Gasteiger partial charge in [-0.05, 0) is 31.8 Å². The summed E-state index contributed by atoms with van der Waals surface area (Å²) in [5.74, 6) is -0.143. The molecule has 11 heteroatoms. The second-order valence-corrected chi connectivity index (χ2v) is 8.26. The Morgan fingerprint density at radius 3 is 2.68 bits per heavy atom. The van der Waals surface area contributed by atoms with Crippen LogP contribution in [0.25, 0.3) is 21.9 Å². The lowest BCUT2D eigenvalue weighted by Gasteiger charge is -2.26. The molecule has 4 rings (SSSR count). The highest BCUT2D eigenvalue weighted by Gasteiger charge is 2.31. The quantitative estimate of drug-likeness (QED) is 0.579. The van der Waals surface area contributed by atoms with E-state index in [1.54, 1.807) is 12.1 Å². The van der Waals surface area contributed by atoms with Gasteiger partial charge >= 0.3 is 6.18 Å². The average Bonchev–Trinajstić information content (AvgIpc) is 2.90. The Morgan fingerprint density at radius 2 is 2.06 bits per heavy atom. The maximum Gasteiger partial charge on any atom is 0.406 e. The topological polar surface area (TPSA) is 72.3 Å². The number of alkyl halides is 3. The maximum absolute atomic E-state index is 13.3. The number of fused-ring (bicyclic) bond motifs is 3. The zero-order valence-corrected chi connectivity index (χ0v) is 17.7. The first kappa shape index (κ1) is 21.8. The monoisotopic (exact) mass is 455 g/mol. The number of hydrogen-bond acceptors (Lipinski definition) is 5. The number of halogens is 4. The van der Waals surface area contributed by atoms with Crippen molar-refractivity contribution in [2.45, 2.75) is 31.7 Å². The Morgan fingerprint density at radius 1 is 1.32 bits per heavy atom. The number of carbonyl (C=O) groups is 1. The van der Waals surface area contributed by atoms with Crippen LogP contribution >= 0.6 is 11.6 Å². The summed E-state index contributed by atoms with van der Waals surface area (Å²) in [7, 11) is 3.81. The van der Waals surface area contributed by atoms with Crippen LogP contribution in [0.5, 0.6) is 0 Å². The molecule has 1 N–H and O–H groups in total. The summed E-state index contributed by atoms with van der Waals surface area (Å²) in [6.07, 6.45) is -4.58. The minimum Gasteiger partial charge on any atom is -0.377 e. The van der Waals surface area contributed by atoms with Crippen LogP contribution in [0.3, 0.4) is 0 Å². The molecular weight excluding hydrogens is 435 g/mol. The molecule has 0 saturated carbocycles. The first-order chi connectivity index (χ1) is 14.6. The molecule has 1 amide bonds. The molecule has 3 heterocycles. The fourth-order valence-electron chi connectivity index (χ4n) is 3.65. The molecule has 1 saturated heterocycles. The third-order valence-electron chi connectivity index (χ3n) is 4.92. The summed E-state index contributed by atoms with van der Waals surface area (Å²) in [4.78, 5) is 22.8. The number of ether oxygens (including phenoxy) is 1. The van der Waals surface area contributed by atoms with Gasteiger partial charge in [-0.2, -0.15) is 13.2 Å². The van der Waals surface area contributed by atoms with Gasteiger partial charge in [-0.25, -0.2) is 9.97 Å². The molecule has 3 aromatic rings. The van der Waals surface area contributed by atoms with E-state index in [0.29, 0.717) is 36.2 Å². The van der Waals surface area contributed by atoms with Gasteiger partial charge in [-0.3, -0.25) is 4.79 Å². The zero-order valence-electron chi connectivity index (χ0n) is 17.0. The standard InChI is InChI=1S/C20H21ClF3N5O2/c1-28(2)7-11-3-4-14-13(5-11)17-18(29(14)10-20(22,23)24)19(21)27-15(26-17)6-16(30)25-12-8-31-9-12/h3-5,12H,6-10H2,1-2H3,(H,25,30). The van der Waals surface area contributed by atoms with Crippen molar-refractivity contribution in [1.82, 2.24) is 24.8 Å². The fourth-order valence-corrected chi connectivity index (χ4v) is 3.94. The average molecular weight is 456 g/mol. The third-order valence-corrected chi connectivity index (χ3v) is 5.19. The number of rotatable bonds is 6. The van der Waals surface area contributed by atoms with Crippen molar-refractivity contribution in [3.63, 3.8) is 0 Å². The van der Waals surface area contributed by atoms with Crippen molar-refractivity contribution < 1.29 is 22.7 Å². The number of amides is 1. The van der Waals surface area contributed by atoms with Crippen LogP contribution in [0.15, 0.2) is 18.2 Å². The number of aromatic nitrogens is 3. The Kier molecular flexibility index (Phi) is 5.80. The van der Waals surface area contributed by atoms with E-state index in [0.717, 1.165) is 10.1 Å². The zero-order chi connectivity index (χ0) is 22.3. The number of nitrogens with zero attached hydrogens (tertiary/aromatic N) is 4. The predicted octanol–water partition coefficient (Wildman–Crippen LogP) is 2.92. The molecule has 166 valence electrons. The van der Waals surface area contributed by atoms with Crippen LogP contribution in [0.2, 0.25) is 5.15 Å². The van der Waals surface area contributed by atoms with Crippen molar-refractivity contribution in [1.29, 1.82) is 0 Å². The number of nitrogens with one attached hydrogen (secondary N) is 1. The van der Waals surface area contributed by atoms with Gasteiger partial charge in [0.25, 0.3) is 0 Å². The molecule has 2 aromatic heterocycles. The van der Waals surface area contributed by atoms with Crippen LogP contribution in [0, 0.1) is 0 Å². The van der Waals surface area contributed by atoms with Gasteiger partial charge in [0.05, 0.1) is 31.2 Å². The fraction of sp³-hybridized carbons (Fsp3) is 0.450. The summed E-state index contributed by atoms with van der Waals surface area (Å²) in [6.45, 7) is 0.294. The highest BCUT2D eigenvalue weighted by atomic mass is 35.5. The van der Waals surface area contributed by atoms with Gasteiger partial charge < -0.3 is 19.5 Å². The third kappa shape index (κ3) is 4.76. The maximum atomic E-state index is 13.3. The van der Waals surface area contributed by atoms with E-state index in [1.165, 1.54) is 0 Å². The molecule has 0 radical (unpaired) electrons. The summed E-state index contributed by atoms with van der Waals surface area (Å²) in [5.41, 5.74) is 1.68. The van der Waals surface area contributed by atoms with E-state index in [1.807, 2.05) is 25.1 Å². The Hall–Kier alpha value is -2.43. The van der Waals surface area contributed by atoms with E-state index >= 15 is 0 Å². The van der Waals surface area contributed by atoms with Crippen molar-refractivity contribution in [3.8, 4) is 0 Å². The van der Waals surface area contributed by atoms with Gasteiger partial charge in [0.1, 0.15) is 23.4 Å². The predicted molar refractivity (Wildman–Crippen MR) is 110 cm³/mol. The lowest BCUT2D eigenvalue weighted by molar-refractivity contribution is -0.139. The van der Waals surface area contributed by atoms with E-state index in [-0.39, 0.29) is 34.9 Å². The normalized spacial score (nSPS) is 15.1. The van der Waals surface area contributed by atoms with Crippen molar-refractivity contribution in [2.75, 3.05) is 27.3 Å². The molecule has 0 unspecified atom stereocenters. The first-order valence-corrected chi connectivity index (χ1v) is 10.0. The summed E-state index contributed by atoms with van der Waals surface area (Å²) >= 11 is 6.32. The van der Waals surface area contributed by atoms with Crippen LogP contribution in [0.1, 0.15) is 11.4 Å². The molecule has 1 aliphatic rings. The largest absolute Gasteiger partial charge is 0.406 e. The second kappa shape index (κ2) is 8.25. The lowest BCUT2D eigenvalue weighted by atomic mass is 10.1.